The molecule has 8 heteroatoms. The smallest absolute Gasteiger partial charge is 0.257 e. The lowest BCUT2D eigenvalue weighted by Gasteiger charge is -2.32. The Bertz CT molecular complexity index is 891. The summed E-state index contributed by atoms with van der Waals surface area (Å²) in [5, 5.41) is 3.05. The van der Waals surface area contributed by atoms with E-state index in [2.05, 4.69) is 5.32 Å². The molecule has 0 bridgehead atoms. The van der Waals surface area contributed by atoms with Crippen molar-refractivity contribution in [3.8, 4) is 0 Å². The number of piperidine rings is 1. The van der Waals surface area contributed by atoms with Crippen molar-refractivity contribution in [2.24, 2.45) is 0 Å². The highest BCUT2D eigenvalue weighted by atomic mass is 32.2. The number of carbonyl (C=O) groups is 3. The summed E-state index contributed by atoms with van der Waals surface area (Å²) >= 11 is 1.53. The normalized spacial score (nSPS) is 17.2. The number of para-hydroxylation sites is 1. The van der Waals surface area contributed by atoms with E-state index in [1.54, 1.807) is 15.9 Å². The molecule has 1 saturated heterocycles. The SMILES string of the molecule is O=C(CCN1C(=O)CSc2ccccc21)NC1CCN(C(=O)c2ccoc2)CC1. The number of likely N-dealkylation sites (tertiary alicyclic amines) is 1. The van der Waals surface area contributed by atoms with Crippen molar-refractivity contribution in [2.75, 3.05) is 30.3 Å². The zero-order chi connectivity index (χ0) is 20.2. The second-order valence-corrected chi connectivity index (χ2v) is 8.21. The van der Waals surface area contributed by atoms with E-state index in [-0.39, 0.29) is 30.2 Å². The maximum atomic E-state index is 12.4. The first-order valence-electron chi connectivity index (χ1n) is 9.75. The lowest BCUT2D eigenvalue weighted by molar-refractivity contribution is -0.122. The van der Waals surface area contributed by atoms with Gasteiger partial charge in [0.25, 0.3) is 5.91 Å². The lowest BCUT2D eigenvalue weighted by Crippen LogP contribution is -2.47. The Labute approximate surface area is 173 Å². The van der Waals surface area contributed by atoms with Gasteiger partial charge in [-0.05, 0) is 31.0 Å². The number of hydrogen-bond donors (Lipinski definition) is 1. The van der Waals surface area contributed by atoms with Crippen LogP contribution in [0.25, 0.3) is 0 Å². The molecule has 0 unspecified atom stereocenters. The highest BCUT2D eigenvalue weighted by Gasteiger charge is 2.27. The maximum absolute atomic E-state index is 12.4. The number of hydrogen-bond acceptors (Lipinski definition) is 5. The number of nitrogens with zero attached hydrogens (tertiary/aromatic N) is 2. The summed E-state index contributed by atoms with van der Waals surface area (Å²) in [6.45, 7) is 1.58. The molecule has 3 amide bonds. The van der Waals surface area contributed by atoms with E-state index < -0.39 is 0 Å². The summed E-state index contributed by atoms with van der Waals surface area (Å²) in [5.41, 5.74) is 1.43. The molecule has 29 heavy (non-hydrogen) atoms. The van der Waals surface area contributed by atoms with Crippen LogP contribution in [0.4, 0.5) is 5.69 Å². The molecule has 2 aliphatic rings. The van der Waals surface area contributed by atoms with Crippen LogP contribution in [-0.4, -0.2) is 54.1 Å². The standard InChI is InChI=1S/C21H23N3O4S/c25-19(7-11-24-17-3-1-2-4-18(17)29-14-20(24)26)22-16-5-9-23(10-6-16)21(27)15-8-12-28-13-15/h1-4,8,12-13,16H,5-7,9-11,14H2,(H,22,25). The molecule has 4 rings (SSSR count). The van der Waals surface area contributed by atoms with Gasteiger partial charge in [-0.1, -0.05) is 12.1 Å². The van der Waals surface area contributed by atoms with Crippen LogP contribution in [0.5, 0.6) is 0 Å². The second kappa shape index (κ2) is 8.73. The molecule has 2 aromatic rings. The summed E-state index contributed by atoms with van der Waals surface area (Å²) in [6, 6.07) is 9.49. The molecule has 0 atom stereocenters. The summed E-state index contributed by atoms with van der Waals surface area (Å²) in [5.74, 6) is 0.339. The van der Waals surface area contributed by atoms with Crippen molar-refractivity contribution in [1.82, 2.24) is 10.2 Å². The third-order valence-electron chi connectivity index (χ3n) is 5.29. The Morgan fingerprint density at radius 3 is 2.72 bits per heavy atom. The van der Waals surface area contributed by atoms with Crippen LogP contribution in [0.3, 0.4) is 0 Å². The van der Waals surface area contributed by atoms with E-state index in [4.69, 9.17) is 4.42 Å². The van der Waals surface area contributed by atoms with Gasteiger partial charge in [0.2, 0.25) is 11.8 Å². The van der Waals surface area contributed by atoms with Crippen molar-refractivity contribution in [1.29, 1.82) is 0 Å². The first-order chi connectivity index (χ1) is 14.1. The summed E-state index contributed by atoms with van der Waals surface area (Å²) < 4.78 is 4.97. The summed E-state index contributed by atoms with van der Waals surface area (Å²) in [7, 11) is 0. The maximum Gasteiger partial charge on any atom is 0.257 e. The van der Waals surface area contributed by atoms with Gasteiger partial charge in [-0.3, -0.25) is 14.4 Å². The fraction of sp³-hybridized carbons (Fsp3) is 0.381. The van der Waals surface area contributed by atoms with Crippen LogP contribution in [0, 0.1) is 0 Å². The molecule has 152 valence electrons. The highest BCUT2D eigenvalue weighted by Crippen LogP contribution is 2.34. The van der Waals surface area contributed by atoms with Crippen LogP contribution < -0.4 is 10.2 Å². The number of anilines is 1. The van der Waals surface area contributed by atoms with E-state index >= 15 is 0 Å². The van der Waals surface area contributed by atoms with Gasteiger partial charge in [0.05, 0.1) is 23.3 Å². The molecule has 0 radical (unpaired) electrons. The summed E-state index contributed by atoms with van der Waals surface area (Å²) in [6.07, 6.45) is 4.65. The average Bonchev–Trinajstić information content (AvgIpc) is 3.28. The second-order valence-electron chi connectivity index (χ2n) is 7.20. The fourth-order valence-corrected chi connectivity index (χ4v) is 4.64. The first-order valence-corrected chi connectivity index (χ1v) is 10.7. The Kier molecular flexibility index (Phi) is 5.89. The average molecular weight is 413 g/mol. The van der Waals surface area contributed by atoms with Gasteiger partial charge < -0.3 is 19.5 Å². The lowest BCUT2D eigenvalue weighted by atomic mass is 10.0. The monoisotopic (exact) mass is 413 g/mol. The minimum atomic E-state index is -0.0619. The quantitative estimate of drug-likeness (QED) is 0.815. The van der Waals surface area contributed by atoms with Crippen LogP contribution in [0.2, 0.25) is 0 Å². The number of furan rings is 1. The molecule has 1 N–H and O–H groups in total. The Hall–Kier alpha value is -2.74. The number of amides is 3. The van der Waals surface area contributed by atoms with Gasteiger partial charge >= 0.3 is 0 Å². The van der Waals surface area contributed by atoms with Gasteiger partial charge in [0, 0.05) is 37.0 Å². The van der Waals surface area contributed by atoms with Gasteiger partial charge in [-0.25, -0.2) is 0 Å². The van der Waals surface area contributed by atoms with Crippen LogP contribution >= 0.6 is 11.8 Å². The molecule has 0 spiro atoms. The van der Waals surface area contributed by atoms with Crippen LogP contribution in [0.1, 0.15) is 29.6 Å². The third kappa shape index (κ3) is 4.48. The van der Waals surface area contributed by atoms with Gasteiger partial charge in [0.1, 0.15) is 6.26 Å². The predicted octanol–water partition coefficient (Wildman–Crippen LogP) is 2.53. The van der Waals surface area contributed by atoms with Gasteiger partial charge in [-0.2, -0.15) is 0 Å². The number of nitrogens with one attached hydrogen (secondary N) is 1. The van der Waals surface area contributed by atoms with Crippen LogP contribution in [-0.2, 0) is 9.59 Å². The van der Waals surface area contributed by atoms with E-state index in [0.717, 1.165) is 23.4 Å². The topological polar surface area (TPSA) is 82.9 Å². The van der Waals surface area contributed by atoms with Crippen molar-refractivity contribution in [3.63, 3.8) is 0 Å². The predicted molar refractivity (Wildman–Crippen MR) is 110 cm³/mol. The highest BCUT2D eigenvalue weighted by molar-refractivity contribution is 8.00. The Morgan fingerprint density at radius 1 is 1.17 bits per heavy atom. The minimum absolute atomic E-state index is 0.0348. The van der Waals surface area contributed by atoms with Gasteiger partial charge in [0.15, 0.2) is 0 Å². The molecule has 1 aromatic heterocycles. The summed E-state index contributed by atoms with van der Waals surface area (Å²) in [4.78, 5) is 41.6. The third-order valence-corrected chi connectivity index (χ3v) is 6.33. The van der Waals surface area contributed by atoms with Crippen molar-refractivity contribution >= 4 is 35.2 Å². The first kappa shape index (κ1) is 19.6. The van der Waals surface area contributed by atoms with Crippen LogP contribution in [0.15, 0.2) is 52.2 Å². The van der Waals surface area contributed by atoms with E-state index in [1.165, 1.54) is 24.3 Å². The van der Waals surface area contributed by atoms with E-state index in [9.17, 15) is 14.4 Å². The number of carbonyl (C=O) groups excluding carboxylic acids is 3. The largest absolute Gasteiger partial charge is 0.472 e. The zero-order valence-corrected chi connectivity index (χ0v) is 16.8. The fourth-order valence-electron chi connectivity index (χ4n) is 3.71. The Balaban J connectivity index is 1.25. The Morgan fingerprint density at radius 2 is 1.97 bits per heavy atom. The molecular formula is C21H23N3O4S. The van der Waals surface area contributed by atoms with E-state index in [1.807, 2.05) is 24.3 Å². The van der Waals surface area contributed by atoms with Gasteiger partial charge in [-0.15, -0.1) is 11.8 Å². The molecule has 0 saturated carbocycles. The molecule has 1 aromatic carbocycles. The minimum Gasteiger partial charge on any atom is -0.472 e. The number of rotatable bonds is 5. The molecule has 2 aliphatic heterocycles. The van der Waals surface area contributed by atoms with Crippen molar-refractivity contribution < 1.29 is 18.8 Å². The van der Waals surface area contributed by atoms with Crippen molar-refractivity contribution in [3.05, 3.63) is 48.4 Å². The number of thioether (sulfide) groups is 1. The molecule has 0 aliphatic carbocycles. The molecule has 7 nitrogen and oxygen atoms in total. The molecule has 3 heterocycles. The number of fused-ring (bicyclic) bond motifs is 1. The molecule has 1 fully saturated rings. The van der Waals surface area contributed by atoms with E-state index in [0.29, 0.717) is 31.0 Å². The van der Waals surface area contributed by atoms with Crippen molar-refractivity contribution in [2.45, 2.75) is 30.2 Å². The zero-order valence-electron chi connectivity index (χ0n) is 16.0. The number of benzene rings is 1. The molecular weight excluding hydrogens is 390 g/mol.